The summed E-state index contributed by atoms with van der Waals surface area (Å²) < 4.78 is 22.0. The molecule has 4 rings (SSSR count). The molecule has 0 radical (unpaired) electrons. The minimum atomic E-state index is -0.965. The van der Waals surface area contributed by atoms with E-state index in [1.807, 2.05) is 32.9 Å². The van der Waals surface area contributed by atoms with Gasteiger partial charge in [-0.3, -0.25) is 14.5 Å². The monoisotopic (exact) mass is 517 g/mol. The zero-order chi connectivity index (χ0) is 27.7. The summed E-state index contributed by atoms with van der Waals surface area (Å²) in [6.07, 6.45) is 0. The van der Waals surface area contributed by atoms with Gasteiger partial charge in [-0.25, -0.2) is 0 Å². The summed E-state index contributed by atoms with van der Waals surface area (Å²) in [4.78, 5) is 28.5. The molecular formula is C30H31NO7. The topological polar surface area (TPSA) is 94.5 Å². The van der Waals surface area contributed by atoms with E-state index in [0.717, 1.165) is 11.1 Å². The van der Waals surface area contributed by atoms with Crippen LogP contribution in [-0.2, 0) is 9.59 Å². The van der Waals surface area contributed by atoms with E-state index in [1.165, 1.54) is 26.2 Å². The molecule has 1 aliphatic rings. The Morgan fingerprint density at radius 3 is 1.87 bits per heavy atom. The molecule has 1 saturated heterocycles. The van der Waals surface area contributed by atoms with Crippen LogP contribution in [0.25, 0.3) is 5.76 Å². The van der Waals surface area contributed by atoms with Crippen molar-refractivity contribution in [2.24, 2.45) is 0 Å². The van der Waals surface area contributed by atoms with Crippen LogP contribution in [0.1, 0.15) is 33.9 Å². The molecule has 3 aromatic rings. The number of benzene rings is 3. The molecule has 0 bridgehead atoms. The summed E-state index contributed by atoms with van der Waals surface area (Å²) in [6, 6.07) is 13.2. The summed E-state index contributed by atoms with van der Waals surface area (Å²) in [7, 11) is 6.04. The third kappa shape index (κ3) is 4.42. The molecule has 1 atom stereocenters. The van der Waals surface area contributed by atoms with Crippen molar-refractivity contribution in [2.45, 2.75) is 26.8 Å². The molecule has 8 heteroatoms. The number of methoxy groups -OCH3 is 4. The second-order valence-corrected chi connectivity index (χ2v) is 9.10. The number of hydrogen-bond acceptors (Lipinski definition) is 7. The van der Waals surface area contributed by atoms with Crippen molar-refractivity contribution in [3.63, 3.8) is 0 Å². The molecule has 198 valence electrons. The number of ether oxygens (including phenoxy) is 4. The Labute approximate surface area is 222 Å². The second kappa shape index (κ2) is 10.5. The highest BCUT2D eigenvalue weighted by Crippen LogP contribution is 2.47. The van der Waals surface area contributed by atoms with Gasteiger partial charge in [0.25, 0.3) is 11.7 Å². The van der Waals surface area contributed by atoms with Crippen molar-refractivity contribution in [3.8, 4) is 23.0 Å². The number of ketones is 1. The molecule has 8 nitrogen and oxygen atoms in total. The third-order valence-electron chi connectivity index (χ3n) is 6.76. The van der Waals surface area contributed by atoms with E-state index in [-0.39, 0.29) is 11.3 Å². The Morgan fingerprint density at radius 2 is 1.34 bits per heavy atom. The lowest BCUT2D eigenvalue weighted by atomic mass is 9.92. The number of anilines is 1. The Balaban J connectivity index is 2.04. The predicted molar refractivity (Wildman–Crippen MR) is 145 cm³/mol. The maximum Gasteiger partial charge on any atom is 0.300 e. The SMILES string of the molecule is COc1cc(C)c(/C(O)=C2\C(=O)C(=O)N(c3ccc(C)cc3)C2c2cc(OC)c(OC)c(OC)c2)cc1C. The van der Waals surface area contributed by atoms with Crippen LogP contribution in [0.5, 0.6) is 23.0 Å². The summed E-state index contributed by atoms with van der Waals surface area (Å²) >= 11 is 0. The first kappa shape index (κ1) is 26.6. The average Bonchev–Trinajstić information content (AvgIpc) is 3.18. The maximum absolute atomic E-state index is 13.6. The number of carbonyl (C=O) groups is 2. The average molecular weight is 518 g/mol. The Morgan fingerprint density at radius 1 is 0.763 bits per heavy atom. The molecule has 1 heterocycles. The zero-order valence-electron chi connectivity index (χ0n) is 22.5. The lowest BCUT2D eigenvalue weighted by Crippen LogP contribution is -2.29. The number of hydrogen-bond donors (Lipinski definition) is 1. The van der Waals surface area contributed by atoms with Crippen molar-refractivity contribution in [1.82, 2.24) is 0 Å². The standard InChI is InChI=1S/C30H31NO7/c1-16-8-10-20(11-9-16)31-26(19-14-23(36-5)29(38-7)24(15-19)37-6)25(28(33)30(31)34)27(32)21-12-18(3)22(35-4)13-17(21)2/h8-15,26,32H,1-7H3/b27-25+. The van der Waals surface area contributed by atoms with Gasteiger partial charge in [0.1, 0.15) is 11.5 Å². The summed E-state index contributed by atoms with van der Waals surface area (Å²) in [5.41, 5.74) is 3.87. The molecule has 1 fully saturated rings. The van der Waals surface area contributed by atoms with Gasteiger partial charge in [-0.1, -0.05) is 17.7 Å². The highest BCUT2D eigenvalue weighted by Gasteiger charge is 2.47. The second-order valence-electron chi connectivity index (χ2n) is 9.10. The summed E-state index contributed by atoms with van der Waals surface area (Å²) in [5, 5.41) is 11.6. The predicted octanol–water partition coefficient (Wildman–Crippen LogP) is 5.27. The molecule has 1 unspecified atom stereocenters. The van der Waals surface area contributed by atoms with E-state index in [2.05, 4.69) is 0 Å². The largest absolute Gasteiger partial charge is 0.507 e. The smallest absolute Gasteiger partial charge is 0.300 e. The lowest BCUT2D eigenvalue weighted by Gasteiger charge is -2.27. The number of carbonyl (C=O) groups excluding carboxylic acids is 2. The molecule has 1 amide bonds. The number of nitrogens with zero attached hydrogens (tertiary/aromatic N) is 1. The number of aryl methyl sites for hydroxylation is 3. The first-order chi connectivity index (χ1) is 18.2. The number of rotatable bonds is 7. The highest BCUT2D eigenvalue weighted by atomic mass is 16.5. The van der Waals surface area contributed by atoms with Crippen molar-refractivity contribution in [3.05, 3.63) is 81.9 Å². The molecule has 38 heavy (non-hydrogen) atoms. The molecule has 0 aromatic heterocycles. The van der Waals surface area contributed by atoms with Gasteiger partial charge in [0, 0.05) is 11.3 Å². The highest BCUT2D eigenvalue weighted by molar-refractivity contribution is 6.51. The van der Waals surface area contributed by atoms with Gasteiger partial charge in [-0.2, -0.15) is 0 Å². The van der Waals surface area contributed by atoms with Gasteiger partial charge >= 0.3 is 0 Å². The van der Waals surface area contributed by atoms with Crippen molar-refractivity contribution < 1.29 is 33.6 Å². The van der Waals surface area contributed by atoms with Crippen LogP contribution < -0.4 is 23.8 Å². The normalized spacial score (nSPS) is 16.5. The van der Waals surface area contributed by atoms with E-state index in [0.29, 0.717) is 45.4 Å². The van der Waals surface area contributed by atoms with E-state index in [4.69, 9.17) is 18.9 Å². The fourth-order valence-corrected chi connectivity index (χ4v) is 4.79. The van der Waals surface area contributed by atoms with E-state index in [9.17, 15) is 14.7 Å². The minimum Gasteiger partial charge on any atom is -0.507 e. The maximum atomic E-state index is 13.6. The number of amides is 1. The van der Waals surface area contributed by atoms with Crippen molar-refractivity contribution in [2.75, 3.05) is 33.3 Å². The van der Waals surface area contributed by atoms with Crippen LogP contribution in [0, 0.1) is 20.8 Å². The molecule has 0 spiro atoms. The van der Waals surface area contributed by atoms with Gasteiger partial charge in [0.2, 0.25) is 5.75 Å². The van der Waals surface area contributed by atoms with Crippen molar-refractivity contribution in [1.29, 1.82) is 0 Å². The van der Waals surface area contributed by atoms with Crippen LogP contribution in [0.4, 0.5) is 5.69 Å². The fourth-order valence-electron chi connectivity index (χ4n) is 4.79. The molecule has 3 aromatic carbocycles. The molecule has 1 N–H and O–H groups in total. The number of aliphatic hydroxyl groups excluding tert-OH is 1. The van der Waals surface area contributed by atoms with Crippen molar-refractivity contribution >= 4 is 23.1 Å². The first-order valence-electron chi connectivity index (χ1n) is 12.0. The Kier molecular flexibility index (Phi) is 7.35. The van der Waals surface area contributed by atoms with E-state index >= 15 is 0 Å². The molecular weight excluding hydrogens is 486 g/mol. The Hall–Kier alpha value is -4.46. The first-order valence-corrected chi connectivity index (χ1v) is 12.0. The summed E-state index contributed by atoms with van der Waals surface area (Å²) in [5.74, 6) is -0.0969. The number of aliphatic hydroxyl groups is 1. The van der Waals surface area contributed by atoms with Crippen LogP contribution in [0.3, 0.4) is 0 Å². The van der Waals surface area contributed by atoms with Crippen LogP contribution in [0.2, 0.25) is 0 Å². The van der Waals surface area contributed by atoms with Crippen LogP contribution in [-0.4, -0.2) is 45.2 Å². The van der Waals surface area contributed by atoms with Gasteiger partial charge in [-0.15, -0.1) is 0 Å². The summed E-state index contributed by atoms with van der Waals surface area (Å²) in [6.45, 7) is 5.58. The molecule has 0 aliphatic carbocycles. The van der Waals surface area contributed by atoms with E-state index in [1.54, 1.807) is 43.5 Å². The van der Waals surface area contributed by atoms with Gasteiger partial charge < -0.3 is 24.1 Å². The quantitative estimate of drug-likeness (QED) is 0.259. The molecule has 1 aliphatic heterocycles. The van der Waals surface area contributed by atoms with Crippen LogP contribution in [0.15, 0.2) is 54.1 Å². The third-order valence-corrected chi connectivity index (χ3v) is 6.76. The van der Waals surface area contributed by atoms with Gasteiger partial charge in [0.05, 0.1) is 40.1 Å². The van der Waals surface area contributed by atoms with Gasteiger partial charge in [0.15, 0.2) is 11.5 Å². The van der Waals surface area contributed by atoms with Gasteiger partial charge in [-0.05, 0) is 73.9 Å². The molecule has 0 saturated carbocycles. The number of Topliss-reactive ketones (excluding diaryl/α,β-unsaturated/α-hetero) is 1. The Bertz CT molecular complexity index is 1410. The van der Waals surface area contributed by atoms with Crippen LogP contribution >= 0.6 is 0 Å². The minimum absolute atomic E-state index is 0.0440. The lowest BCUT2D eigenvalue weighted by molar-refractivity contribution is -0.132. The fraction of sp³-hybridized carbons (Fsp3) is 0.267. The van der Waals surface area contributed by atoms with E-state index < -0.39 is 17.7 Å². The zero-order valence-corrected chi connectivity index (χ0v) is 22.5.